The smallest absolute Gasteiger partial charge is 0.161 e. The van der Waals surface area contributed by atoms with Crippen LogP contribution in [0.15, 0.2) is 48.5 Å². The van der Waals surface area contributed by atoms with Crippen molar-refractivity contribution < 1.29 is 14.6 Å². The number of phenols is 1. The molecule has 0 aliphatic carbocycles. The molecule has 0 saturated heterocycles. The van der Waals surface area contributed by atoms with Crippen LogP contribution in [0.3, 0.4) is 0 Å². The maximum atomic E-state index is 9.68. The second-order valence-corrected chi connectivity index (χ2v) is 4.76. The van der Waals surface area contributed by atoms with E-state index in [9.17, 15) is 5.11 Å². The molecule has 2 aromatic carbocycles. The predicted octanol–water partition coefficient (Wildman–Crippen LogP) is 2.32. The minimum Gasteiger partial charge on any atom is -0.508 e. The summed E-state index contributed by atoms with van der Waals surface area (Å²) in [6.45, 7) is 1.81. The Kier molecular flexibility index (Phi) is 3.74. The maximum absolute atomic E-state index is 9.68. The summed E-state index contributed by atoms with van der Waals surface area (Å²) in [5.41, 5.74) is 0.879. The summed E-state index contributed by atoms with van der Waals surface area (Å²) in [6.07, 6.45) is -0.0178. The molecule has 4 heteroatoms. The summed E-state index contributed by atoms with van der Waals surface area (Å²) in [6, 6.07) is 15.0. The largest absolute Gasteiger partial charge is 0.508 e. The Bertz CT molecular complexity index is 585. The third-order valence-electron chi connectivity index (χ3n) is 3.25. The Labute approximate surface area is 118 Å². The number of benzene rings is 2. The first kappa shape index (κ1) is 12.8. The molecule has 3 rings (SSSR count). The first-order valence-corrected chi connectivity index (χ1v) is 6.69. The lowest BCUT2D eigenvalue weighted by Crippen LogP contribution is -2.38. The molecule has 0 radical (unpaired) electrons. The second-order valence-electron chi connectivity index (χ2n) is 4.76. The SMILES string of the molecule is Oc1ccccc1CNCC1COc2ccccc2O1. The quantitative estimate of drug-likeness (QED) is 0.896. The van der Waals surface area contributed by atoms with Gasteiger partial charge in [0.2, 0.25) is 0 Å². The van der Waals surface area contributed by atoms with Crippen LogP contribution >= 0.6 is 0 Å². The van der Waals surface area contributed by atoms with Gasteiger partial charge < -0.3 is 19.9 Å². The molecule has 2 aromatic rings. The van der Waals surface area contributed by atoms with Gasteiger partial charge in [-0.3, -0.25) is 0 Å². The molecular formula is C16H17NO3. The van der Waals surface area contributed by atoms with Gasteiger partial charge in [0.1, 0.15) is 18.5 Å². The molecule has 0 aromatic heterocycles. The number of fused-ring (bicyclic) bond motifs is 1. The highest BCUT2D eigenvalue weighted by Gasteiger charge is 2.19. The van der Waals surface area contributed by atoms with E-state index in [4.69, 9.17) is 9.47 Å². The van der Waals surface area contributed by atoms with Crippen molar-refractivity contribution in [1.82, 2.24) is 5.32 Å². The monoisotopic (exact) mass is 271 g/mol. The van der Waals surface area contributed by atoms with E-state index in [-0.39, 0.29) is 6.10 Å². The highest BCUT2D eigenvalue weighted by molar-refractivity contribution is 5.40. The zero-order valence-electron chi connectivity index (χ0n) is 11.1. The fourth-order valence-electron chi connectivity index (χ4n) is 2.19. The van der Waals surface area contributed by atoms with Gasteiger partial charge in [0.15, 0.2) is 11.5 Å². The molecule has 1 aliphatic rings. The lowest BCUT2D eigenvalue weighted by atomic mass is 10.2. The van der Waals surface area contributed by atoms with Crippen LogP contribution in [-0.2, 0) is 6.54 Å². The van der Waals surface area contributed by atoms with E-state index >= 15 is 0 Å². The average molecular weight is 271 g/mol. The molecule has 2 N–H and O–H groups in total. The number of ether oxygens (including phenoxy) is 2. The van der Waals surface area contributed by atoms with Gasteiger partial charge in [0.25, 0.3) is 0 Å². The van der Waals surface area contributed by atoms with E-state index in [1.54, 1.807) is 6.07 Å². The molecule has 4 nitrogen and oxygen atoms in total. The Balaban J connectivity index is 1.52. The van der Waals surface area contributed by atoms with Crippen molar-refractivity contribution in [2.75, 3.05) is 13.2 Å². The van der Waals surface area contributed by atoms with Crippen LogP contribution in [0.2, 0.25) is 0 Å². The summed E-state index contributed by atoms with van der Waals surface area (Å²) >= 11 is 0. The summed E-state index contributed by atoms with van der Waals surface area (Å²) < 4.78 is 11.5. The molecule has 0 fully saturated rings. The molecule has 0 spiro atoms. The zero-order chi connectivity index (χ0) is 13.8. The van der Waals surface area contributed by atoms with Gasteiger partial charge >= 0.3 is 0 Å². The van der Waals surface area contributed by atoms with Crippen LogP contribution in [0, 0.1) is 0 Å². The van der Waals surface area contributed by atoms with Gasteiger partial charge in [0.05, 0.1) is 0 Å². The first-order valence-electron chi connectivity index (χ1n) is 6.69. The van der Waals surface area contributed by atoms with Crippen molar-refractivity contribution >= 4 is 0 Å². The highest BCUT2D eigenvalue weighted by Crippen LogP contribution is 2.30. The number of aromatic hydroxyl groups is 1. The molecule has 1 unspecified atom stereocenters. The van der Waals surface area contributed by atoms with Crippen LogP contribution in [0.1, 0.15) is 5.56 Å². The first-order chi connectivity index (χ1) is 9.83. The molecule has 1 atom stereocenters. The number of nitrogens with one attached hydrogen (secondary N) is 1. The van der Waals surface area contributed by atoms with Crippen molar-refractivity contribution in [3.8, 4) is 17.2 Å². The minimum absolute atomic E-state index is 0.0178. The van der Waals surface area contributed by atoms with E-state index < -0.39 is 0 Å². The molecule has 1 heterocycles. The third kappa shape index (κ3) is 2.86. The minimum atomic E-state index is -0.0178. The van der Waals surface area contributed by atoms with Gasteiger partial charge in [-0.1, -0.05) is 30.3 Å². The molecule has 0 saturated carbocycles. The maximum Gasteiger partial charge on any atom is 0.161 e. The van der Waals surface area contributed by atoms with Crippen LogP contribution in [-0.4, -0.2) is 24.4 Å². The van der Waals surface area contributed by atoms with Crippen molar-refractivity contribution in [1.29, 1.82) is 0 Å². The number of phenolic OH excluding ortho intramolecular Hbond substituents is 1. The highest BCUT2D eigenvalue weighted by atomic mass is 16.6. The fourth-order valence-corrected chi connectivity index (χ4v) is 2.19. The normalized spacial score (nSPS) is 16.9. The van der Waals surface area contributed by atoms with Crippen molar-refractivity contribution in [2.24, 2.45) is 0 Å². The van der Waals surface area contributed by atoms with E-state index in [0.717, 1.165) is 17.1 Å². The topological polar surface area (TPSA) is 50.7 Å². The van der Waals surface area contributed by atoms with Gasteiger partial charge in [-0.15, -0.1) is 0 Å². The Morgan fingerprint density at radius 2 is 1.80 bits per heavy atom. The fraction of sp³-hybridized carbons (Fsp3) is 0.250. The van der Waals surface area contributed by atoms with Crippen LogP contribution in [0.4, 0.5) is 0 Å². The van der Waals surface area contributed by atoms with Gasteiger partial charge in [0, 0.05) is 18.7 Å². The van der Waals surface area contributed by atoms with E-state index in [2.05, 4.69) is 5.32 Å². The predicted molar refractivity (Wildman–Crippen MR) is 76.2 cm³/mol. The van der Waals surface area contributed by atoms with Gasteiger partial charge in [-0.2, -0.15) is 0 Å². The molecule has 0 amide bonds. The van der Waals surface area contributed by atoms with E-state index in [1.165, 1.54) is 0 Å². The van der Waals surface area contributed by atoms with Crippen LogP contribution < -0.4 is 14.8 Å². The van der Waals surface area contributed by atoms with Crippen molar-refractivity contribution in [2.45, 2.75) is 12.6 Å². The van der Waals surface area contributed by atoms with Crippen molar-refractivity contribution in [3.63, 3.8) is 0 Å². The molecule has 20 heavy (non-hydrogen) atoms. The van der Waals surface area contributed by atoms with Crippen LogP contribution in [0.5, 0.6) is 17.2 Å². The second kappa shape index (κ2) is 5.84. The van der Waals surface area contributed by atoms with Gasteiger partial charge in [-0.05, 0) is 18.2 Å². The third-order valence-corrected chi connectivity index (χ3v) is 3.25. The number of hydrogen-bond acceptors (Lipinski definition) is 4. The Morgan fingerprint density at radius 1 is 1.05 bits per heavy atom. The Morgan fingerprint density at radius 3 is 2.65 bits per heavy atom. The number of rotatable bonds is 4. The molecular weight excluding hydrogens is 254 g/mol. The Hall–Kier alpha value is -2.20. The average Bonchev–Trinajstić information content (AvgIpc) is 2.49. The summed E-state index contributed by atoms with van der Waals surface area (Å²) in [5.74, 6) is 1.89. The van der Waals surface area contributed by atoms with Crippen LogP contribution in [0.25, 0.3) is 0 Å². The number of hydrogen-bond donors (Lipinski definition) is 2. The van der Waals surface area contributed by atoms with E-state index in [0.29, 0.717) is 25.4 Å². The lowest BCUT2D eigenvalue weighted by Gasteiger charge is -2.26. The summed E-state index contributed by atoms with van der Waals surface area (Å²) in [5, 5.41) is 13.0. The standard InChI is InChI=1S/C16H17NO3/c18-14-6-2-1-5-12(14)9-17-10-13-11-19-15-7-3-4-8-16(15)20-13/h1-8,13,17-18H,9-11H2. The van der Waals surface area contributed by atoms with E-state index in [1.807, 2.05) is 42.5 Å². The zero-order valence-corrected chi connectivity index (χ0v) is 11.1. The number of para-hydroxylation sites is 3. The van der Waals surface area contributed by atoms with Gasteiger partial charge in [-0.25, -0.2) is 0 Å². The van der Waals surface area contributed by atoms with Crippen molar-refractivity contribution in [3.05, 3.63) is 54.1 Å². The molecule has 0 bridgehead atoms. The molecule has 1 aliphatic heterocycles. The molecule has 104 valence electrons. The lowest BCUT2D eigenvalue weighted by molar-refractivity contribution is 0.0902. The summed E-state index contributed by atoms with van der Waals surface area (Å²) in [7, 11) is 0. The summed E-state index contributed by atoms with van der Waals surface area (Å²) in [4.78, 5) is 0.